The summed E-state index contributed by atoms with van der Waals surface area (Å²) in [4.78, 5) is 38.3. The highest BCUT2D eigenvalue weighted by Gasteiger charge is 2.19. The van der Waals surface area contributed by atoms with Gasteiger partial charge in [-0.1, -0.05) is 264 Å². The lowest BCUT2D eigenvalue weighted by molar-refractivity contribution is -0.167. The Morgan fingerprint density at radius 1 is 0.273 bits per heavy atom. The van der Waals surface area contributed by atoms with Gasteiger partial charge in [0.25, 0.3) is 0 Å². The Labute approximate surface area is 475 Å². The van der Waals surface area contributed by atoms with E-state index in [9.17, 15) is 14.4 Å². The van der Waals surface area contributed by atoms with Crippen LogP contribution in [0.3, 0.4) is 0 Å². The molecule has 0 spiro atoms. The van der Waals surface area contributed by atoms with Crippen molar-refractivity contribution in [3.8, 4) is 0 Å². The van der Waals surface area contributed by atoms with E-state index in [-0.39, 0.29) is 31.1 Å². The molecule has 438 valence electrons. The summed E-state index contributed by atoms with van der Waals surface area (Å²) < 4.78 is 16.9. The van der Waals surface area contributed by atoms with Gasteiger partial charge in [0, 0.05) is 19.3 Å². The van der Waals surface area contributed by atoms with Crippen LogP contribution in [0.15, 0.2) is 122 Å². The van der Waals surface area contributed by atoms with Crippen molar-refractivity contribution in [1.82, 2.24) is 0 Å². The van der Waals surface area contributed by atoms with E-state index in [0.717, 1.165) is 141 Å². The van der Waals surface area contributed by atoms with E-state index < -0.39 is 6.10 Å². The summed E-state index contributed by atoms with van der Waals surface area (Å²) in [5.41, 5.74) is 0. The monoisotopic (exact) mass is 1070 g/mol. The quantitative estimate of drug-likeness (QED) is 0.0261. The standard InChI is InChI=1S/C71H118O6/c1-4-7-10-13-16-19-22-24-26-28-30-32-34-35-37-38-40-42-44-46-49-52-55-58-61-64-70(73)76-67-68(66-75-69(72)63-60-57-54-51-48-21-18-15-12-9-6-3)77-71(74)65-62-59-56-53-50-47-45-43-41-39-36-33-31-29-27-25-23-20-17-14-11-8-5-2/h7,10,15-16,18-19,23-26,29-32,35-37,39-40,42,68H,4-6,8-9,11-14,17,20-22,27-28,33-34,38,41,43-67H2,1-3H3/b10-7-,18-15-,19-16-,25-23-,26-24-,31-29-,32-30-,37-35-,39-36-,42-40-. The van der Waals surface area contributed by atoms with Crippen molar-refractivity contribution < 1.29 is 28.6 Å². The number of esters is 3. The molecule has 0 bridgehead atoms. The zero-order chi connectivity index (χ0) is 55.7. The largest absolute Gasteiger partial charge is 0.462 e. The Balaban J connectivity index is 4.36. The number of unbranched alkanes of at least 4 members (excludes halogenated alkanes) is 26. The van der Waals surface area contributed by atoms with Crippen LogP contribution in [0, 0.1) is 0 Å². The van der Waals surface area contributed by atoms with E-state index in [1.54, 1.807) is 0 Å². The third-order valence-corrected chi connectivity index (χ3v) is 13.4. The number of carbonyl (C=O) groups is 3. The van der Waals surface area contributed by atoms with Crippen molar-refractivity contribution >= 4 is 17.9 Å². The fourth-order valence-electron chi connectivity index (χ4n) is 8.61. The minimum atomic E-state index is -0.796. The molecule has 77 heavy (non-hydrogen) atoms. The summed E-state index contributed by atoms with van der Waals surface area (Å²) in [6.45, 7) is 6.46. The Kier molecular flexibility index (Phi) is 60.8. The molecule has 0 aliphatic heterocycles. The van der Waals surface area contributed by atoms with Crippen LogP contribution in [0.5, 0.6) is 0 Å². The van der Waals surface area contributed by atoms with Gasteiger partial charge < -0.3 is 14.2 Å². The smallest absolute Gasteiger partial charge is 0.306 e. The average molecular weight is 1070 g/mol. The van der Waals surface area contributed by atoms with Crippen LogP contribution < -0.4 is 0 Å². The molecule has 1 unspecified atom stereocenters. The number of carbonyl (C=O) groups excluding carboxylic acids is 3. The maximum Gasteiger partial charge on any atom is 0.306 e. The van der Waals surface area contributed by atoms with Gasteiger partial charge in [-0.25, -0.2) is 0 Å². The molecule has 6 heteroatoms. The van der Waals surface area contributed by atoms with Crippen LogP contribution in [0.4, 0.5) is 0 Å². The van der Waals surface area contributed by atoms with E-state index in [1.807, 2.05) is 0 Å². The molecule has 0 N–H and O–H groups in total. The first-order chi connectivity index (χ1) is 38.0. The average Bonchev–Trinajstić information content (AvgIpc) is 3.43. The molecule has 0 fully saturated rings. The molecule has 0 rings (SSSR count). The lowest BCUT2D eigenvalue weighted by Gasteiger charge is -2.18. The highest BCUT2D eigenvalue weighted by Crippen LogP contribution is 2.15. The molecule has 0 saturated carbocycles. The van der Waals surface area contributed by atoms with Crippen LogP contribution >= 0.6 is 0 Å². The summed E-state index contributed by atoms with van der Waals surface area (Å²) >= 11 is 0. The molecule has 0 aliphatic carbocycles. The number of hydrogen-bond acceptors (Lipinski definition) is 6. The van der Waals surface area contributed by atoms with Gasteiger partial charge in [-0.05, 0) is 128 Å². The van der Waals surface area contributed by atoms with Gasteiger partial charge in [0.2, 0.25) is 0 Å². The highest BCUT2D eigenvalue weighted by molar-refractivity contribution is 5.71. The molecule has 6 nitrogen and oxygen atoms in total. The van der Waals surface area contributed by atoms with Crippen molar-refractivity contribution in [2.24, 2.45) is 0 Å². The van der Waals surface area contributed by atoms with Crippen molar-refractivity contribution in [2.45, 2.75) is 297 Å². The normalized spacial score (nSPS) is 12.9. The molecular formula is C71H118O6. The molecule has 0 saturated heterocycles. The molecular weight excluding hydrogens is 949 g/mol. The fraction of sp³-hybridized carbons (Fsp3) is 0.676. The minimum absolute atomic E-state index is 0.0924. The lowest BCUT2D eigenvalue weighted by atomic mass is 10.1. The second-order valence-electron chi connectivity index (χ2n) is 20.9. The van der Waals surface area contributed by atoms with Gasteiger partial charge >= 0.3 is 17.9 Å². The van der Waals surface area contributed by atoms with Gasteiger partial charge in [0.15, 0.2) is 6.10 Å². The maximum absolute atomic E-state index is 12.9. The zero-order valence-corrected chi connectivity index (χ0v) is 50.2. The van der Waals surface area contributed by atoms with Crippen molar-refractivity contribution in [2.75, 3.05) is 13.2 Å². The second-order valence-corrected chi connectivity index (χ2v) is 20.9. The first-order valence-corrected chi connectivity index (χ1v) is 32.0. The molecule has 0 aliphatic rings. The Morgan fingerprint density at radius 3 is 0.844 bits per heavy atom. The molecule has 0 aromatic rings. The van der Waals surface area contributed by atoms with Crippen LogP contribution in [-0.4, -0.2) is 37.2 Å². The first kappa shape index (κ1) is 72.8. The fourth-order valence-corrected chi connectivity index (χ4v) is 8.61. The third kappa shape index (κ3) is 62.5. The predicted molar refractivity (Wildman–Crippen MR) is 334 cm³/mol. The topological polar surface area (TPSA) is 78.9 Å². The second kappa shape index (κ2) is 64.3. The van der Waals surface area contributed by atoms with Gasteiger partial charge in [0.05, 0.1) is 0 Å². The number of ether oxygens (including phenoxy) is 3. The van der Waals surface area contributed by atoms with Crippen LogP contribution in [0.2, 0.25) is 0 Å². The lowest BCUT2D eigenvalue weighted by Crippen LogP contribution is -2.30. The molecule has 0 radical (unpaired) electrons. The Hall–Kier alpha value is -4.19. The van der Waals surface area contributed by atoms with E-state index in [1.165, 1.54) is 109 Å². The van der Waals surface area contributed by atoms with E-state index >= 15 is 0 Å². The highest BCUT2D eigenvalue weighted by atomic mass is 16.6. The summed E-state index contributed by atoms with van der Waals surface area (Å²) in [7, 11) is 0. The van der Waals surface area contributed by atoms with Gasteiger partial charge in [0.1, 0.15) is 13.2 Å². The van der Waals surface area contributed by atoms with Crippen LogP contribution in [0.25, 0.3) is 0 Å². The third-order valence-electron chi connectivity index (χ3n) is 13.4. The van der Waals surface area contributed by atoms with E-state index in [4.69, 9.17) is 14.2 Å². The SMILES string of the molecule is CC/C=C\C/C=C\C/C=C\C/C=C\C/C=C\C/C=C\CCCCCCCCC(=O)OCC(COC(=O)CCCCCCC/C=C\CCCC)OC(=O)CCCCCCCCCC/C=C\C/C=C\C/C=C\CCCCCCC. The van der Waals surface area contributed by atoms with Crippen LogP contribution in [-0.2, 0) is 28.6 Å². The Bertz CT molecular complexity index is 1600. The number of rotatable bonds is 57. The van der Waals surface area contributed by atoms with E-state index in [0.29, 0.717) is 19.3 Å². The minimum Gasteiger partial charge on any atom is -0.462 e. The van der Waals surface area contributed by atoms with Gasteiger partial charge in [-0.15, -0.1) is 0 Å². The van der Waals surface area contributed by atoms with Gasteiger partial charge in [-0.3, -0.25) is 14.4 Å². The number of hydrogen-bond donors (Lipinski definition) is 0. The molecule has 0 heterocycles. The van der Waals surface area contributed by atoms with Crippen molar-refractivity contribution in [3.05, 3.63) is 122 Å². The summed E-state index contributed by atoms with van der Waals surface area (Å²) in [5.74, 6) is -0.921. The van der Waals surface area contributed by atoms with E-state index in [2.05, 4.69) is 142 Å². The maximum atomic E-state index is 12.9. The predicted octanol–water partition coefficient (Wildman–Crippen LogP) is 22.0. The Morgan fingerprint density at radius 2 is 0.519 bits per heavy atom. The number of allylic oxidation sites excluding steroid dienone is 20. The summed E-state index contributed by atoms with van der Waals surface area (Å²) in [6, 6.07) is 0. The summed E-state index contributed by atoms with van der Waals surface area (Å²) in [6.07, 6.45) is 89.1. The zero-order valence-electron chi connectivity index (χ0n) is 50.2. The molecule has 0 aromatic heterocycles. The van der Waals surface area contributed by atoms with Gasteiger partial charge in [-0.2, -0.15) is 0 Å². The first-order valence-electron chi connectivity index (χ1n) is 32.0. The van der Waals surface area contributed by atoms with Crippen molar-refractivity contribution in [3.63, 3.8) is 0 Å². The summed E-state index contributed by atoms with van der Waals surface area (Å²) in [5, 5.41) is 0. The molecule has 0 amide bonds. The molecule has 0 aromatic carbocycles. The van der Waals surface area contributed by atoms with Crippen molar-refractivity contribution in [1.29, 1.82) is 0 Å². The molecule has 1 atom stereocenters. The van der Waals surface area contributed by atoms with Crippen LogP contribution in [0.1, 0.15) is 290 Å².